The first-order valence-corrected chi connectivity index (χ1v) is 7.66. The van der Waals surface area contributed by atoms with Gasteiger partial charge in [-0.15, -0.1) is 0 Å². The highest BCUT2D eigenvalue weighted by Crippen LogP contribution is 2.21. The number of benzene rings is 1. The van der Waals surface area contributed by atoms with Gasteiger partial charge in [0.15, 0.2) is 6.29 Å². The van der Waals surface area contributed by atoms with Crippen molar-refractivity contribution in [3.8, 4) is 0 Å². The third kappa shape index (κ3) is 4.40. The lowest BCUT2D eigenvalue weighted by Crippen LogP contribution is -2.64. The van der Waals surface area contributed by atoms with Crippen LogP contribution in [0.2, 0.25) is 0 Å². The van der Waals surface area contributed by atoms with E-state index in [0.29, 0.717) is 0 Å². The van der Waals surface area contributed by atoms with Crippen molar-refractivity contribution in [2.75, 3.05) is 13.7 Å². The summed E-state index contributed by atoms with van der Waals surface area (Å²) in [6.07, 6.45) is -1.63. The Morgan fingerprint density at radius 3 is 2.54 bits per heavy atom. The van der Waals surface area contributed by atoms with Crippen LogP contribution < -0.4 is 5.32 Å². The number of hydrogen-bond acceptors (Lipinski definition) is 6. The molecule has 0 aromatic heterocycles. The average molecular weight is 337 g/mol. The number of carbonyl (C=O) groups is 1. The molecule has 4 N–H and O–H groups in total. The molecule has 5 atom stereocenters. The summed E-state index contributed by atoms with van der Waals surface area (Å²) in [7, 11) is 1.35. The number of hydrogen-bond donors (Lipinski definition) is 4. The van der Waals surface area contributed by atoms with Crippen LogP contribution in [0.1, 0.15) is 11.1 Å². The third-order valence-corrected chi connectivity index (χ3v) is 3.93. The Bertz CT molecular complexity index is 571. The highest BCUT2D eigenvalue weighted by atomic mass is 16.7. The van der Waals surface area contributed by atoms with Crippen molar-refractivity contribution in [2.45, 2.75) is 37.6 Å². The molecule has 7 nitrogen and oxygen atoms in total. The zero-order valence-corrected chi connectivity index (χ0v) is 13.6. The van der Waals surface area contributed by atoms with E-state index in [9.17, 15) is 15.0 Å². The molecule has 1 fully saturated rings. The van der Waals surface area contributed by atoms with Crippen LogP contribution in [-0.2, 0) is 14.3 Å². The van der Waals surface area contributed by atoms with E-state index >= 15 is 0 Å². The van der Waals surface area contributed by atoms with Gasteiger partial charge in [0.1, 0.15) is 24.4 Å². The Hall–Kier alpha value is -1.77. The molecule has 1 amide bonds. The lowest BCUT2D eigenvalue weighted by molar-refractivity contribution is -0.262. The first-order valence-electron chi connectivity index (χ1n) is 7.66. The molecule has 0 saturated carbocycles. The molecule has 1 aliphatic heterocycles. The van der Waals surface area contributed by atoms with Crippen LogP contribution >= 0.6 is 0 Å². The number of amides is 1. The minimum absolute atomic E-state index is 0.458. The van der Waals surface area contributed by atoms with Crippen LogP contribution in [0, 0.1) is 6.92 Å². The number of aliphatic hydroxyl groups is 3. The monoisotopic (exact) mass is 337 g/mol. The summed E-state index contributed by atoms with van der Waals surface area (Å²) in [5, 5.41) is 31.8. The third-order valence-electron chi connectivity index (χ3n) is 3.93. The molecule has 0 bridgehead atoms. The summed E-state index contributed by atoms with van der Waals surface area (Å²) < 4.78 is 10.4. The van der Waals surface area contributed by atoms with Gasteiger partial charge in [0.25, 0.3) is 0 Å². The van der Waals surface area contributed by atoms with Crippen LogP contribution in [0.4, 0.5) is 0 Å². The number of ether oxygens (including phenoxy) is 2. The van der Waals surface area contributed by atoms with Crippen LogP contribution in [0.25, 0.3) is 6.08 Å². The second-order valence-corrected chi connectivity index (χ2v) is 5.72. The number of methoxy groups -OCH3 is 1. The molecule has 1 aliphatic rings. The maximum absolute atomic E-state index is 12.1. The van der Waals surface area contributed by atoms with Crippen LogP contribution in [0.15, 0.2) is 30.3 Å². The van der Waals surface area contributed by atoms with Crippen molar-refractivity contribution in [1.29, 1.82) is 0 Å². The molecule has 132 valence electrons. The smallest absolute Gasteiger partial charge is 0.244 e. The van der Waals surface area contributed by atoms with Gasteiger partial charge in [0.05, 0.1) is 6.61 Å². The van der Waals surface area contributed by atoms with E-state index in [1.807, 2.05) is 31.2 Å². The van der Waals surface area contributed by atoms with Crippen LogP contribution in [0.3, 0.4) is 0 Å². The zero-order chi connectivity index (χ0) is 17.7. The number of nitrogens with one attached hydrogen (secondary N) is 1. The van der Waals surface area contributed by atoms with E-state index in [1.54, 1.807) is 6.08 Å². The lowest BCUT2D eigenvalue weighted by Gasteiger charge is -2.41. The SMILES string of the molecule is CO[C@@H]1O[C@H](CO)[C@@H](O)[C@H](O)[C@H]1NC(=O)/C=C/c1ccc(C)cc1. The Morgan fingerprint density at radius 2 is 1.96 bits per heavy atom. The van der Waals surface area contributed by atoms with E-state index in [1.165, 1.54) is 13.2 Å². The number of rotatable bonds is 5. The summed E-state index contributed by atoms with van der Waals surface area (Å²) >= 11 is 0. The van der Waals surface area contributed by atoms with Crippen molar-refractivity contribution in [3.63, 3.8) is 0 Å². The molecule has 0 unspecified atom stereocenters. The number of aliphatic hydroxyl groups excluding tert-OH is 3. The Labute approximate surface area is 140 Å². The molecule has 1 aromatic carbocycles. The second-order valence-electron chi connectivity index (χ2n) is 5.72. The fourth-order valence-electron chi connectivity index (χ4n) is 2.50. The predicted molar refractivity (Wildman–Crippen MR) is 86.9 cm³/mol. The molecule has 1 heterocycles. The zero-order valence-electron chi connectivity index (χ0n) is 13.6. The number of aryl methyl sites for hydroxylation is 1. The van der Waals surface area contributed by atoms with Crippen LogP contribution in [0.5, 0.6) is 0 Å². The first-order chi connectivity index (χ1) is 11.5. The van der Waals surface area contributed by atoms with Crippen molar-refractivity contribution in [1.82, 2.24) is 5.32 Å². The first kappa shape index (κ1) is 18.6. The molecule has 7 heteroatoms. The summed E-state index contributed by atoms with van der Waals surface area (Å²) in [5.41, 5.74) is 1.98. The minimum Gasteiger partial charge on any atom is -0.394 e. The Balaban J connectivity index is 2.02. The van der Waals surface area contributed by atoms with Gasteiger partial charge in [-0.3, -0.25) is 4.79 Å². The van der Waals surface area contributed by atoms with Crippen LogP contribution in [-0.4, -0.2) is 65.6 Å². The molecule has 2 rings (SSSR count). The highest BCUT2D eigenvalue weighted by molar-refractivity contribution is 5.92. The molecule has 1 aromatic rings. The molecule has 0 radical (unpaired) electrons. The highest BCUT2D eigenvalue weighted by Gasteiger charge is 2.44. The quantitative estimate of drug-likeness (QED) is 0.544. The second kappa shape index (κ2) is 8.36. The molecular weight excluding hydrogens is 314 g/mol. The molecule has 0 aliphatic carbocycles. The topological polar surface area (TPSA) is 108 Å². The van der Waals surface area contributed by atoms with Gasteiger partial charge in [0.2, 0.25) is 5.91 Å². The maximum atomic E-state index is 12.1. The van der Waals surface area contributed by atoms with Crippen molar-refractivity contribution < 1.29 is 29.6 Å². The summed E-state index contributed by atoms with van der Waals surface area (Å²) in [6, 6.07) is 6.67. The summed E-state index contributed by atoms with van der Waals surface area (Å²) in [5.74, 6) is -0.458. The van der Waals surface area contributed by atoms with E-state index in [4.69, 9.17) is 14.6 Å². The molecule has 1 saturated heterocycles. The van der Waals surface area contributed by atoms with E-state index in [-0.39, 0.29) is 0 Å². The van der Waals surface area contributed by atoms with Gasteiger partial charge >= 0.3 is 0 Å². The van der Waals surface area contributed by atoms with Gasteiger partial charge in [-0.05, 0) is 18.6 Å². The normalized spacial score (nSPS) is 30.5. The fraction of sp³-hybridized carbons (Fsp3) is 0.471. The van der Waals surface area contributed by atoms with E-state index < -0.39 is 43.2 Å². The maximum Gasteiger partial charge on any atom is 0.244 e. The van der Waals surface area contributed by atoms with Crippen molar-refractivity contribution in [2.24, 2.45) is 0 Å². The standard InChI is InChI=1S/C17H23NO6/c1-10-3-5-11(6-4-10)7-8-13(20)18-14-16(22)15(21)12(9-19)24-17(14)23-2/h3-8,12,14-17,19,21-22H,9H2,1-2H3,(H,18,20)/b8-7+/t12-,14-,15-,16-,17-/m1/s1. The van der Waals surface area contributed by atoms with Crippen molar-refractivity contribution >= 4 is 12.0 Å². The summed E-state index contributed by atoms with van der Waals surface area (Å²) in [4.78, 5) is 12.1. The molecule has 0 spiro atoms. The fourth-order valence-corrected chi connectivity index (χ4v) is 2.50. The summed E-state index contributed by atoms with van der Waals surface area (Å²) in [6.45, 7) is 1.51. The van der Waals surface area contributed by atoms with Gasteiger partial charge in [-0.1, -0.05) is 29.8 Å². The van der Waals surface area contributed by atoms with Gasteiger partial charge < -0.3 is 30.1 Å². The largest absolute Gasteiger partial charge is 0.394 e. The Morgan fingerprint density at radius 1 is 1.29 bits per heavy atom. The number of carbonyl (C=O) groups excluding carboxylic acids is 1. The Kier molecular flexibility index (Phi) is 6.47. The van der Waals surface area contributed by atoms with E-state index in [0.717, 1.165) is 11.1 Å². The van der Waals surface area contributed by atoms with Gasteiger partial charge in [0, 0.05) is 13.2 Å². The van der Waals surface area contributed by atoms with Gasteiger partial charge in [-0.2, -0.15) is 0 Å². The van der Waals surface area contributed by atoms with E-state index in [2.05, 4.69) is 5.32 Å². The average Bonchev–Trinajstić information content (AvgIpc) is 2.59. The van der Waals surface area contributed by atoms with Gasteiger partial charge in [-0.25, -0.2) is 0 Å². The van der Waals surface area contributed by atoms with Crippen molar-refractivity contribution in [3.05, 3.63) is 41.5 Å². The predicted octanol–water partition coefficient (Wildman–Crippen LogP) is -0.422. The molecular formula is C17H23NO6. The molecule has 24 heavy (non-hydrogen) atoms. The minimum atomic E-state index is -1.33. The lowest BCUT2D eigenvalue weighted by atomic mass is 9.97.